The minimum absolute atomic E-state index is 0.205. The van der Waals surface area contributed by atoms with E-state index in [4.69, 9.17) is 0 Å². The van der Waals surface area contributed by atoms with E-state index in [0.29, 0.717) is 6.54 Å². The first-order valence-corrected chi connectivity index (χ1v) is 9.36. The Labute approximate surface area is 165 Å². The first kappa shape index (κ1) is 17.7. The normalized spacial score (nSPS) is 18.1. The molecule has 146 valence electrons. The van der Waals surface area contributed by atoms with Gasteiger partial charge in [0.1, 0.15) is 0 Å². The third-order valence-electron chi connectivity index (χ3n) is 5.17. The number of hydrogen-bond acceptors (Lipinski definition) is 4. The highest BCUT2D eigenvalue weighted by molar-refractivity contribution is 5.41. The third-order valence-corrected chi connectivity index (χ3v) is 5.17. The van der Waals surface area contributed by atoms with Gasteiger partial charge in [0.25, 0.3) is 0 Å². The van der Waals surface area contributed by atoms with Gasteiger partial charge in [-0.15, -0.1) is 5.10 Å². The highest BCUT2D eigenvalue weighted by atomic mass is 19.2. The van der Waals surface area contributed by atoms with E-state index in [1.165, 1.54) is 12.1 Å². The molecule has 2 atom stereocenters. The van der Waals surface area contributed by atoms with Crippen molar-refractivity contribution in [2.24, 2.45) is 0 Å². The van der Waals surface area contributed by atoms with Crippen LogP contribution < -0.4 is 5.32 Å². The maximum atomic E-state index is 13.4. The molecule has 4 aromatic rings. The molecular weight excluding hydrogens is 374 g/mol. The molecule has 0 aliphatic heterocycles. The molecule has 2 aromatic carbocycles. The largest absolute Gasteiger partial charge is 0.308 e. The molecule has 0 unspecified atom stereocenters. The van der Waals surface area contributed by atoms with Crippen LogP contribution in [0.2, 0.25) is 0 Å². The lowest BCUT2D eigenvalue weighted by Gasteiger charge is -2.04. The van der Waals surface area contributed by atoms with Crippen molar-refractivity contribution in [1.29, 1.82) is 0 Å². The van der Waals surface area contributed by atoms with E-state index >= 15 is 0 Å². The quantitative estimate of drug-likeness (QED) is 0.547. The highest BCUT2D eigenvalue weighted by Gasteiger charge is 2.38. The van der Waals surface area contributed by atoms with Crippen molar-refractivity contribution < 1.29 is 8.78 Å². The molecule has 8 heteroatoms. The summed E-state index contributed by atoms with van der Waals surface area (Å²) in [6.07, 6.45) is 8.16. The summed E-state index contributed by atoms with van der Waals surface area (Å²) in [5.74, 6) is -1.40. The number of nitrogens with one attached hydrogen (secondary N) is 1. The third kappa shape index (κ3) is 3.66. The van der Waals surface area contributed by atoms with E-state index in [1.54, 1.807) is 23.3 Å². The van der Waals surface area contributed by atoms with Crippen LogP contribution in [-0.4, -0.2) is 30.6 Å². The van der Waals surface area contributed by atoms with Gasteiger partial charge in [-0.2, -0.15) is 0 Å². The van der Waals surface area contributed by atoms with Gasteiger partial charge in [0.15, 0.2) is 11.6 Å². The predicted molar refractivity (Wildman–Crippen MR) is 103 cm³/mol. The zero-order valence-corrected chi connectivity index (χ0v) is 15.4. The molecule has 29 heavy (non-hydrogen) atoms. The fraction of sp³-hybridized carbons (Fsp3) is 0.190. The van der Waals surface area contributed by atoms with Gasteiger partial charge in [0.2, 0.25) is 0 Å². The Kier molecular flexibility index (Phi) is 4.40. The lowest BCUT2D eigenvalue weighted by Crippen LogP contribution is -2.17. The lowest BCUT2D eigenvalue weighted by atomic mass is 10.1. The molecule has 0 saturated heterocycles. The van der Waals surface area contributed by atoms with Gasteiger partial charge in [-0.3, -0.25) is 0 Å². The van der Waals surface area contributed by atoms with E-state index < -0.39 is 11.6 Å². The average Bonchev–Trinajstić information content (AvgIpc) is 3.11. The second kappa shape index (κ2) is 7.21. The molecule has 0 radical (unpaired) electrons. The molecule has 1 saturated carbocycles. The van der Waals surface area contributed by atoms with Gasteiger partial charge in [0, 0.05) is 36.6 Å². The maximum Gasteiger partial charge on any atom is 0.159 e. The second-order valence-electron chi connectivity index (χ2n) is 7.14. The molecule has 0 amide bonds. The van der Waals surface area contributed by atoms with Gasteiger partial charge in [0.05, 0.1) is 23.9 Å². The molecule has 2 aromatic heterocycles. The SMILES string of the molecule is Fc1ccc([C@@H]2C[C@H]2NCc2cn(-c3ccc(-n4ccnc4)cc3)nn2)cc1F. The van der Waals surface area contributed by atoms with Gasteiger partial charge >= 0.3 is 0 Å². The molecule has 5 rings (SSSR count). The smallest absolute Gasteiger partial charge is 0.159 e. The monoisotopic (exact) mass is 392 g/mol. The van der Waals surface area contributed by atoms with Crippen LogP contribution in [0.25, 0.3) is 11.4 Å². The van der Waals surface area contributed by atoms with Crippen LogP contribution >= 0.6 is 0 Å². The Bertz CT molecular complexity index is 1120. The summed E-state index contributed by atoms with van der Waals surface area (Å²) in [6.45, 7) is 0.567. The van der Waals surface area contributed by atoms with Crippen LogP contribution in [-0.2, 0) is 6.54 Å². The Morgan fingerprint density at radius 1 is 1.03 bits per heavy atom. The van der Waals surface area contributed by atoms with Crippen molar-refractivity contribution in [3.05, 3.63) is 90.3 Å². The van der Waals surface area contributed by atoms with E-state index in [0.717, 1.165) is 29.1 Å². The molecule has 6 nitrogen and oxygen atoms in total. The molecule has 1 N–H and O–H groups in total. The molecule has 2 heterocycles. The van der Waals surface area contributed by atoms with Gasteiger partial charge in [-0.05, 0) is 48.4 Å². The molecular formula is C21H18F2N6. The van der Waals surface area contributed by atoms with Crippen molar-refractivity contribution in [1.82, 2.24) is 29.9 Å². The minimum atomic E-state index is -0.811. The van der Waals surface area contributed by atoms with E-state index in [1.807, 2.05) is 41.2 Å². The maximum absolute atomic E-state index is 13.4. The number of halogens is 2. The van der Waals surface area contributed by atoms with Crippen LogP contribution in [0.15, 0.2) is 67.4 Å². The Morgan fingerprint density at radius 3 is 2.62 bits per heavy atom. The number of benzene rings is 2. The van der Waals surface area contributed by atoms with Crippen LogP contribution in [0.1, 0.15) is 23.6 Å². The van der Waals surface area contributed by atoms with Crippen molar-refractivity contribution in [2.75, 3.05) is 0 Å². The van der Waals surface area contributed by atoms with Crippen LogP contribution in [0.3, 0.4) is 0 Å². The lowest BCUT2D eigenvalue weighted by molar-refractivity contribution is 0.506. The topological polar surface area (TPSA) is 60.6 Å². The average molecular weight is 392 g/mol. The van der Waals surface area contributed by atoms with Crippen LogP contribution in [0.5, 0.6) is 0 Å². The number of nitrogens with zero attached hydrogens (tertiary/aromatic N) is 5. The zero-order valence-electron chi connectivity index (χ0n) is 15.4. The molecule has 0 bridgehead atoms. The number of rotatable bonds is 6. The van der Waals surface area contributed by atoms with Crippen LogP contribution in [0.4, 0.5) is 8.78 Å². The minimum Gasteiger partial charge on any atom is -0.308 e. The first-order valence-electron chi connectivity index (χ1n) is 9.36. The van der Waals surface area contributed by atoms with E-state index in [9.17, 15) is 8.78 Å². The molecule has 1 fully saturated rings. The summed E-state index contributed by atoms with van der Waals surface area (Å²) >= 11 is 0. The Morgan fingerprint density at radius 2 is 1.86 bits per heavy atom. The summed E-state index contributed by atoms with van der Waals surface area (Å²) in [5.41, 5.74) is 3.58. The molecule has 1 aliphatic carbocycles. The standard InChI is InChI=1S/C21H18F2N6/c22-19-6-1-14(9-20(19)23)18-10-21(18)25-11-15-12-29(27-26-15)17-4-2-16(3-5-17)28-8-7-24-13-28/h1-9,12-13,18,21,25H,10-11H2/t18-,21+/m0/s1. The molecule has 0 spiro atoms. The summed E-state index contributed by atoms with van der Waals surface area (Å²) in [5, 5.41) is 11.8. The van der Waals surface area contributed by atoms with Crippen molar-refractivity contribution >= 4 is 0 Å². The first-order chi connectivity index (χ1) is 14.2. The predicted octanol–water partition coefficient (Wildman–Crippen LogP) is 3.38. The van der Waals surface area contributed by atoms with Gasteiger partial charge in [-0.25, -0.2) is 18.4 Å². The summed E-state index contributed by atoms with van der Waals surface area (Å²) in [6, 6.07) is 12.3. The van der Waals surface area contributed by atoms with Crippen LogP contribution in [0, 0.1) is 11.6 Å². The number of imidazole rings is 1. The summed E-state index contributed by atoms with van der Waals surface area (Å²) < 4.78 is 30.1. The second-order valence-corrected chi connectivity index (χ2v) is 7.14. The number of hydrogen-bond donors (Lipinski definition) is 1. The molecule has 1 aliphatic rings. The van der Waals surface area contributed by atoms with Gasteiger partial charge < -0.3 is 9.88 Å². The van der Waals surface area contributed by atoms with Crippen molar-refractivity contribution in [2.45, 2.75) is 24.9 Å². The van der Waals surface area contributed by atoms with Crippen molar-refractivity contribution in [3.8, 4) is 11.4 Å². The highest BCUT2D eigenvalue weighted by Crippen LogP contribution is 2.41. The van der Waals surface area contributed by atoms with E-state index in [2.05, 4.69) is 20.6 Å². The van der Waals surface area contributed by atoms with Crippen molar-refractivity contribution in [3.63, 3.8) is 0 Å². The Balaban J connectivity index is 1.19. The Hall–Kier alpha value is -3.39. The fourth-order valence-electron chi connectivity index (χ4n) is 3.46. The fourth-order valence-corrected chi connectivity index (χ4v) is 3.46. The van der Waals surface area contributed by atoms with Gasteiger partial charge in [-0.1, -0.05) is 11.3 Å². The number of aromatic nitrogens is 5. The summed E-state index contributed by atoms with van der Waals surface area (Å²) in [7, 11) is 0. The zero-order chi connectivity index (χ0) is 19.8. The summed E-state index contributed by atoms with van der Waals surface area (Å²) in [4.78, 5) is 4.05. The van der Waals surface area contributed by atoms with E-state index in [-0.39, 0.29) is 12.0 Å².